The summed E-state index contributed by atoms with van der Waals surface area (Å²) in [6.45, 7) is 1.97. The molecule has 6 nitrogen and oxygen atoms in total. The summed E-state index contributed by atoms with van der Waals surface area (Å²) in [6, 6.07) is 3.23. The van der Waals surface area contributed by atoms with Gasteiger partial charge in [-0.15, -0.1) is 0 Å². The number of nitrogen functional groups attached to an aromatic ring is 1. The van der Waals surface area contributed by atoms with Gasteiger partial charge in [-0.1, -0.05) is 15.9 Å². The molecule has 1 aromatic heterocycles. The molecule has 0 aliphatic heterocycles. The van der Waals surface area contributed by atoms with Crippen molar-refractivity contribution in [3.8, 4) is 0 Å². The summed E-state index contributed by atoms with van der Waals surface area (Å²) in [4.78, 5) is 4.34. The molecule has 0 aliphatic rings. The van der Waals surface area contributed by atoms with Crippen molar-refractivity contribution in [2.24, 2.45) is 7.05 Å². The molecule has 0 fully saturated rings. The van der Waals surface area contributed by atoms with Crippen molar-refractivity contribution in [1.29, 1.82) is 0 Å². The van der Waals surface area contributed by atoms with E-state index >= 15 is 0 Å². The summed E-state index contributed by atoms with van der Waals surface area (Å²) in [6.07, 6.45) is 4.03. The number of nitrogens with zero attached hydrogens (tertiary/aromatic N) is 2. The number of hydrogen-bond donors (Lipinski definition) is 2. The number of anilines is 1. The first-order valence-electron chi connectivity index (χ1n) is 6.33. The van der Waals surface area contributed by atoms with Gasteiger partial charge in [0.05, 0.1) is 4.90 Å². The second-order valence-electron chi connectivity index (χ2n) is 4.72. The van der Waals surface area contributed by atoms with Crippen LogP contribution in [0.4, 0.5) is 5.69 Å². The molecule has 0 atom stereocenters. The Morgan fingerprint density at radius 2 is 2.14 bits per heavy atom. The van der Waals surface area contributed by atoms with Crippen molar-refractivity contribution in [2.45, 2.75) is 18.2 Å². The van der Waals surface area contributed by atoms with E-state index in [2.05, 4.69) is 25.6 Å². The van der Waals surface area contributed by atoms with E-state index in [4.69, 9.17) is 5.73 Å². The minimum absolute atomic E-state index is 0.189. The third kappa shape index (κ3) is 3.63. The van der Waals surface area contributed by atoms with Gasteiger partial charge in [-0.05, 0) is 24.6 Å². The number of nitrogens with two attached hydrogens (primary N) is 1. The Morgan fingerprint density at radius 3 is 2.76 bits per heavy atom. The number of sulfonamides is 1. The topological polar surface area (TPSA) is 90.0 Å². The van der Waals surface area contributed by atoms with E-state index in [-0.39, 0.29) is 11.4 Å². The van der Waals surface area contributed by atoms with E-state index in [1.165, 1.54) is 0 Å². The van der Waals surface area contributed by atoms with Crippen LogP contribution < -0.4 is 10.5 Å². The number of benzene rings is 1. The van der Waals surface area contributed by atoms with Gasteiger partial charge in [-0.25, -0.2) is 18.1 Å². The largest absolute Gasteiger partial charge is 0.398 e. The zero-order valence-corrected chi connectivity index (χ0v) is 14.2. The molecule has 2 rings (SSSR count). The Kier molecular flexibility index (Phi) is 4.70. The maximum Gasteiger partial charge on any atom is 0.240 e. The van der Waals surface area contributed by atoms with Crippen LogP contribution in [0.1, 0.15) is 11.4 Å². The number of hydrogen-bond acceptors (Lipinski definition) is 4. The first-order chi connectivity index (χ1) is 9.81. The fraction of sp³-hybridized carbons (Fsp3) is 0.308. The molecule has 0 spiro atoms. The lowest BCUT2D eigenvalue weighted by Gasteiger charge is -2.11. The zero-order valence-electron chi connectivity index (χ0n) is 11.8. The Morgan fingerprint density at radius 1 is 1.43 bits per heavy atom. The summed E-state index contributed by atoms with van der Waals surface area (Å²) < 4.78 is 29.8. The molecule has 21 heavy (non-hydrogen) atoms. The van der Waals surface area contributed by atoms with Gasteiger partial charge >= 0.3 is 0 Å². The molecule has 2 aromatic rings. The molecular weight excluding hydrogens is 356 g/mol. The Hall–Kier alpha value is -1.38. The van der Waals surface area contributed by atoms with Gasteiger partial charge in [0.15, 0.2) is 0 Å². The molecular formula is C13H17BrN4O2S. The van der Waals surface area contributed by atoms with Crippen LogP contribution in [-0.2, 0) is 23.5 Å². The van der Waals surface area contributed by atoms with Gasteiger partial charge in [-0.2, -0.15) is 0 Å². The first-order valence-corrected chi connectivity index (χ1v) is 8.60. The minimum atomic E-state index is -3.60. The van der Waals surface area contributed by atoms with Crippen molar-refractivity contribution in [2.75, 3.05) is 12.3 Å². The van der Waals surface area contributed by atoms with E-state index in [9.17, 15) is 8.42 Å². The molecule has 0 aliphatic carbocycles. The lowest BCUT2D eigenvalue weighted by atomic mass is 10.2. The van der Waals surface area contributed by atoms with Crippen LogP contribution in [0.25, 0.3) is 0 Å². The van der Waals surface area contributed by atoms with Crippen LogP contribution >= 0.6 is 15.9 Å². The molecule has 0 bridgehead atoms. The van der Waals surface area contributed by atoms with E-state index in [0.717, 1.165) is 5.82 Å². The fourth-order valence-electron chi connectivity index (χ4n) is 1.97. The maximum absolute atomic E-state index is 12.4. The predicted octanol–water partition coefficient (Wildman–Crippen LogP) is 1.59. The summed E-state index contributed by atoms with van der Waals surface area (Å²) in [7, 11) is -1.73. The molecule has 0 saturated heterocycles. The monoisotopic (exact) mass is 372 g/mol. The maximum atomic E-state index is 12.4. The van der Waals surface area contributed by atoms with E-state index < -0.39 is 10.0 Å². The lowest BCUT2D eigenvalue weighted by molar-refractivity contribution is 0.579. The van der Waals surface area contributed by atoms with Crippen LogP contribution in [0.15, 0.2) is 33.9 Å². The first kappa shape index (κ1) is 16.0. The van der Waals surface area contributed by atoms with Crippen LogP contribution in [0, 0.1) is 6.92 Å². The van der Waals surface area contributed by atoms with Crippen molar-refractivity contribution in [3.05, 3.63) is 40.4 Å². The smallest absolute Gasteiger partial charge is 0.240 e. The molecule has 0 unspecified atom stereocenters. The Labute approximate surface area is 132 Å². The van der Waals surface area contributed by atoms with Crippen molar-refractivity contribution < 1.29 is 8.42 Å². The second kappa shape index (κ2) is 6.17. The predicted molar refractivity (Wildman–Crippen MR) is 85.4 cm³/mol. The molecule has 0 amide bonds. The van der Waals surface area contributed by atoms with Gasteiger partial charge in [0.2, 0.25) is 10.0 Å². The van der Waals surface area contributed by atoms with E-state index in [1.54, 1.807) is 25.3 Å². The minimum Gasteiger partial charge on any atom is -0.398 e. The summed E-state index contributed by atoms with van der Waals surface area (Å²) in [5.41, 5.74) is 6.79. The standard InChI is InChI=1S/C13H17BrN4O2S/c1-9-11(15)7-10(14)8-12(9)21(19,20)17-4-3-13-16-5-6-18(13)2/h5-8,17H,3-4,15H2,1-2H3. The molecule has 114 valence electrons. The highest BCUT2D eigenvalue weighted by molar-refractivity contribution is 9.10. The van der Waals surface area contributed by atoms with Gasteiger partial charge < -0.3 is 10.3 Å². The van der Waals surface area contributed by atoms with E-state index in [0.29, 0.717) is 22.1 Å². The van der Waals surface area contributed by atoms with Gasteiger partial charge in [0.1, 0.15) is 5.82 Å². The molecule has 3 N–H and O–H groups in total. The molecule has 8 heteroatoms. The van der Waals surface area contributed by atoms with Crippen LogP contribution in [-0.4, -0.2) is 24.5 Å². The number of nitrogens with one attached hydrogen (secondary N) is 1. The highest BCUT2D eigenvalue weighted by atomic mass is 79.9. The van der Waals surface area contributed by atoms with Gasteiger partial charge in [-0.3, -0.25) is 0 Å². The number of rotatable bonds is 5. The third-order valence-corrected chi connectivity index (χ3v) is 5.26. The lowest BCUT2D eigenvalue weighted by Crippen LogP contribution is -2.27. The zero-order chi connectivity index (χ0) is 15.6. The van der Waals surface area contributed by atoms with Crippen molar-refractivity contribution >= 4 is 31.6 Å². The molecule has 1 aromatic carbocycles. The second-order valence-corrected chi connectivity index (χ2v) is 7.37. The van der Waals surface area contributed by atoms with Gasteiger partial charge in [0, 0.05) is 42.6 Å². The number of imidazole rings is 1. The average molecular weight is 373 g/mol. The normalized spacial score (nSPS) is 11.8. The number of halogens is 1. The summed E-state index contributed by atoms with van der Waals surface area (Å²) in [5.74, 6) is 0.822. The van der Waals surface area contributed by atoms with Crippen molar-refractivity contribution in [1.82, 2.24) is 14.3 Å². The third-order valence-electron chi connectivity index (χ3n) is 3.22. The molecule has 0 radical (unpaired) electrons. The van der Waals surface area contributed by atoms with Crippen LogP contribution in [0.2, 0.25) is 0 Å². The van der Waals surface area contributed by atoms with Crippen LogP contribution in [0.5, 0.6) is 0 Å². The van der Waals surface area contributed by atoms with Gasteiger partial charge in [0.25, 0.3) is 0 Å². The highest BCUT2D eigenvalue weighted by Gasteiger charge is 2.18. The van der Waals surface area contributed by atoms with Crippen molar-refractivity contribution in [3.63, 3.8) is 0 Å². The quantitative estimate of drug-likeness (QED) is 0.779. The highest BCUT2D eigenvalue weighted by Crippen LogP contribution is 2.26. The number of aromatic nitrogens is 2. The Bertz CT molecular complexity index is 756. The SMILES string of the molecule is Cc1c(N)cc(Br)cc1S(=O)(=O)NCCc1nccn1C. The van der Waals surface area contributed by atoms with E-state index in [1.807, 2.05) is 17.8 Å². The fourth-order valence-corrected chi connectivity index (χ4v) is 3.92. The summed E-state index contributed by atoms with van der Waals surface area (Å²) in [5, 5.41) is 0. The molecule has 1 heterocycles. The van der Waals surface area contributed by atoms with Crippen LogP contribution in [0.3, 0.4) is 0 Å². The molecule has 0 saturated carbocycles. The Balaban J connectivity index is 2.14. The summed E-state index contributed by atoms with van der Waals surface area (Å²) >= 11 is 3.26. The average Bonchev–Trinajstić information content (AvgIpc) is 2.79. The number of aryl methyl sites for hydroxylation is 1.